The topological polar surface area (TPSA) is 144 Å². The fourth-order valence-corrected chi connectivity index (χ4v) is 1.11. The number of hydrogen-bond acceptors (Lipinski definition) is 7. The van der Waals surface area contributed by atoms with Gasteiger partial charge in [0, 0.05) is 19.3 Å². The fourth-order valence-electron chi connectivity index (χ4n) is 0.494. The third-order valence-corrected chi connectivity index (χ3v) is 2.16. The van der Waals surface area contributed by atoms with Crippen LogP contribution >= 0.6 is 11.8 Å². The van der Waals surface area contributed by atoms with Gasteiger partial charge in [0.25, 0.3) is 0 Å². The van der Waals surface area contributed by atoms with Crippen molar-refractivity contribution in [2.45, 2.75) is 5.16 Å². The summed E-state index contributed by atoms with van der Waals surface area (Å²) in [6.07, 6.45) is 0. The molecule has 0 aromatic carbocycles. The summed E-state index contributed by atoms with van der Waals surface area (Å²) in [5.41, 5.74) is 5.30. The zero-order chi connectivity index (χ0) is 12.6. The van der Waals surface area contributed by atoms with E-state index in [1.54, 1.807) is 23.5 Å². The van der Waals surface area contributed by atoms with Gasteiger partial charge in [-0.3, -0.25) is 0 Å². The van der Waals surface area contributed by atoms with E-state index in [-0.39, 0.29) is 0 Å². The van der Waals surface area contributed by atoms with Gasteiger partial charge >= 0.3 is 11.9 Å². The van der Waals surface area contributed by atoms with Gasteiger partial charge in [-0.1, -0.05) is 11.8 Å². The fraction of sp³-hybridized carbons (Fsp3) is 0.500. The molecule has 0 fully saturated rings. The number of nitrogens with zero attached hydrogens (tertiary/aromatic N) is 4. The number of aliphatic carboxylic acids is 2. The third-order valence-electron chi connectivity index (χ3n) is 1.11. The van der Waals surface area contributed by atoms with Crippen molar-refractivity contribution < 1.29 is 19.8 Å². The SMILES string of the molecule is Cn1nnnc1SCCN.O=C(O)C(=O)O. The van der Waals surface area contributed by atoms with E-state index in [2.05, 4.69) is 15.5 Å². The first-order valence-corrected chi connectivity index (χ1v) is 4.99. The van der Waals surface area contributed by atoms with E-state index in [9.17, 15) is 0 Å². The number of rotatable bonds is 3. The van der Waals surface area contributed by atoms with E-state index in [0.717, 1.165) is 10.9 Å². The molecule has 4 N–H and O–H groups in total. The summed E-state index contributed by atoms with van der Waals surface area (Å²) >= 11 is 1.56. The summed E-state index contributed by atoms with van der Waals surface area (Å²) in [4.78, 5) is 18.2. The second-order valence-corrected chi connectivity index (χ2v) is 3.39. The Bertz CT molecular complexity index is 342. The number of carbonyl (C=O) groups is 2. The second kappa shape index (κ2) is 7.59. The minimum absolute atomic E-state index is 0.650. The Morgan fingerprint density at radius 1 is 1.44 bits per heavy atom. The lowest BCUT2D eigenvalue weighted by Gasteiger charge is -1.93. The molecular formula is C6H11N5O4S. The quantitative estimate of drug-likeness (QED) is 0.426. The van der Waals surface area contributed by atoms with Gasteiger partial charge in [0.1, 0.15) is 0 Å². The van der Waals surface area contributed by atoms with Crippen LogP contribution in [0.1, 0.15) is 0 Å². The van der Waals surface area contributed by atoms with Crippen molar-refractivity contribution in [3.05, 3.63) is 0 Å². The molecule has 0 spiro atoms. The van der Waals surface area contributed by atoms with Crippen LogP contribution in [-0.2, 0) is 16.6 Å². The van der Waals surface area contributed by atoms with E-state index in [0.29, 0.717) is 6.54 Å². The number of aromatic nitrogens is 4. The first kappa shape index (κ1) is 14.3. The number of hydrogen-bond donors (Lipinski definition) is 3. The molecule has 1 rings (SSSR count). The highest BCUT2D eigenvalue weighted by molar-refractivity contribution is 7.99. The predicted octanol–water partition coefficient (Wildman–Crippen LogP) is -1.58. The number of aryl methyl sites for hydroxylation is 1. The normalized spacial score (nSPS) is 9.12. The minimum Gasteiger partial charge on any atom is -0.473 e. The molecule has 0 aliphatic heterocycles. The Kier molecular flexibility index (Phi) is 6.79. The van der Waals surface area contributed by atoms with Crippen LogP contribution in [0.15, 0.2) is 5.16 Å². The zero-order valence-corrected chi connectivity index (χ0v) is 9.22. The van der Waals surface area contributed by atoms with E-state index < -0.39 is 11.9 Å². The molecule has 0 aliphatic rings. The number of thioether (sulfide) groups is 1. The summed E-state index contributed by atoms with van der Waals surface area (Å²) in [5, 5.41) is 26.5. The minimum atomic E-state index is -1.82. The van der Waals surface area contributed by atoms with Crippen molar-refractivity contribution in [1.82, 2.24) is 20.2 Å². The van der Waals surface area contributed by atoms with Crippen LogP contribution < -0.4 is 5.73 Å². The maximum absolute atomic E-state index is 9.10. The van der Waals surface area contributed by atoms with Gasteiger partial charge in [-0.15, -0.1) is 5.10 Å². The summed E-state index contributed by atoms with van der Waals surface area (Å²) in [6.45, 7) is 0.650. The van der Waals surface area contributed by atoms with Gasteiger partial charge in [0.05, 0.1) is 0 Å². The predicted molar refractivity (Wildman–Crippen MR) is 53.8 cm³/mol. The molecule has 0 aliphatic carbocycles. The smallest absolute Gasteiger partial charge is 0.414 e. The molecule has 1 aromatic rings. The van der Waals surface area contributed by atoms with Crippen LogP contribution in [-0.4, -0.2) is 54.7 Å². The van der Waals surface area contributed by atoms with Gasteiger partial charge < -0.3 is 15.9 Å². The van der Waals surface area contributed by atoms with Crippen LogP contribution in [0.2, 0.25) is 0 Å². The molecule has 0 amide bonds. The van der Waals surface area contributed by atoms with Crippen LogP contribution in [0.5, 0.6) is 0 Å². The molecule has 1 heterocycles. The third kappa shape index (κ3) is 5.93. The molecule has 0 atom stereocenters. The number of tetrazole rings is 1. The van der Waals surface area contributed by atoms with Crippen molar-refractivity contribution in [3.63, 3.8) is 0 Å². The van der Waals surface area contributed by atoms with Crippen molar-refractivity contribution in [1.29, 1.82) is 0 Å². The van der Waals surface area contributed by atoms with E-state index >= 15 is 0 Å². The van der Waals surface area contributed by atoms with Crippen LogP contribution in [0.25, 0.3) is 0 Å². The van der Waals surface area contributed by atoms with E-state index in [1.807, 2.05) is 0 Å². The van der Waals surface area contributed by atoms with Crippen molar-refractivity contribution in [3.8, 4) is 0 Å². The van der Waals surface area contributed by atoms with Gasteiger partial charge in [-0.2, -0.15) is 0 Å². The van der Waals surface area contributed by atoms with Gasteiger partial charge in [0.15, 0.2) is 0 Å². The monoisotopic (exact) mass is 249 g/mol. The molecular weight excluding hydrogens is 238 g/mol. The summed E-state index contributed by atoms with van der Waals surface area (Å²) in [7, 11) is 1.80. The van der Waals surface area contributed by atoms with E-state index in [4.69, 9.17) is 25.5 Å². The van der Waals surface area contributed by atoms with Gasteiger partial charge in [-0.25, -0.2) is 14.3 Å². The van der Waals surface area contributed by atoms with Gasteiger partial charge in [-0.05, 0) is 10.4 Å². The van der Waals surface area contributed by atoms with E-state index in [1.165, 1.54) is 0 Å². The molecule has 1 aromatic heterocycles. The number of carboxylic acid groups (broad SMARTS) is 2. The molecule has 16 heavy (non-hydrogen) atoms. The average molecular weight is 249 g/mol. The molecule has 0 saturated carbocycles. The highest BCUT2D eigenvalue weighted by Gasteiger charge is 2.04. The molecule has 0 radical (unpaired) electrons. The number of nitrogens with two attached hydrogens (primary N) is 1. The lowest BCUT2D eigenvalue weighted by molar-refractivity contribution is -0.159. The van der Waals surface area contributed by atoms with Crippen molar-refractivity contribution in [2.75, 3.05) is 12.3 Å². The Balaban J connectivity index is 0.000000325. The summed E-state index contributed by atoms with van der Waals surface area (Å²) in [6, 6.07) is 0. The van der Waals surface area contributed by atoms with Crippen LogP contribution in [0.4, 0.5) is 0 Å². The molecule has 9 nitrogen and oxygen atoms in total. The Hall–Kier alpha value is -1.68. The number of carboxylic acids is 2. The van der Waals surface area contributed by atoms with Crippen molar-refractivity contribution in [2.24, 2.45) is 12.8 Å². The lowest BCUT2D eigenvalue weighted by Crippen LogP contribution is -2.09. The van der Waals surface area contributed by atoms with Crippen LogP contribution in [0, 0.1) is 0 Å². The highest BCUT2D eigenvalue weighted by atomic mass is 32.2. The second-order valence-electron chi connectivity index (χ2n) is 2.33. The maximum Gasteiger partial charge on any atom is 0.414 e. The molecule has 0 unspecified atom stereocenters. The molecule has 0 saturated heterocycles. The first-order chi connectivity index (χ1) is 7.49. The van der Waals surface area contributed by atoms with Crippen LogP contribution in [0.3, 0.4) is 0 Å². The van der Waals surface area contributed by atoms with Crippen molar-refractivity contribution >= 4 is 23.7 Å². The first-order valence-electron chi connectivity index (χ1n) is 4.00. The standard InChI is InChI=1S/C4H9N5S.C2H2O4/c1-9-4(6-7-8-9)10-3-2-5;3-1(4)2(5)6/h2-3,5H2,1H3;(H,3,4)(H,5,6). The Morgan fingerprint density at radius 2 is 2.00 bits per heavy atom. The maximum atomic E-state index is 9.10. The Labute approximate surface area is 94.6 Å². The summed E-state index contributed by atoms with van der Waals surface area (Å²) in [5.74, 6) is -2.79. The lowest BCUT2D eigenvalue weighted by atomic mass is 10.7. The molecule has 10 heteroatoms. The Morgan fingerprint density at radius 3 is 2.31 bits per heavy atom. The largest absolute Gasteiger partial charge is 0.473 e. The van der Waals surface area contributed by atoms with Gasteiger partial charge in [0.2, 0.25) is 5.16 Å². The summed E-state index contributed by atoms with van der Waals surface area (Å²) < 4.78 is 1.63. The zero-order valence-electron chi connectivity index (χ0n) is 8.40. The molecule has 0 bridgehead atoms. The molecule has 90 valence electrons. The highest BCUT2D eigenvalue weighted by Crippen LogP contribution is 2.09. The average Bonchev–Trinajstić information content (AvgIpc) is 2.62.